The topological polar surface area (TPSA) is 32.3 Å². The van der Waals surface area contributed by atoms with Crippen molar-refractivity contribution < 1.29 is 5.11 Å². The van der Waals surface area contributed by atoms with Gasteiger partial charge in [0, 0.05) is 19.2 Å². The molecule has 0 aromatic rings. The van der Waals surface area contributed by atoms with Gasteiger partial charge < -0.3 is 10.4 Å². The third kappa shape index (κ3) is 2.12. The molecular weight excluding hydrogens is 174 g/mol. The second-order valence-electron chi connectivity index (χ2n) is 5.97. The average molecular weight is 197 g/mol. The Balaban J connectivity index is 1.97. The first kappa shape index (κ1) is 10.4. The molecule has 1 aliphatic heterocycles. The van der Waals surface area contributed by atoms with E-state index in [0.29, 0.717) is 17.9 Å². The molecule has 3 atom stereocenters. The monoisotopic (exact) mass is 197 g/mol. The minimum atomic E-state index is 0.358. The van der Waals surface area contributed by atoms with Crippen LogP contribution in [0, 0.1) is 17.3 Å². The van der Waals surface area contributed by atoms with Crippen LogP contribution in [0.3, 0.4) is 0 Å². The van der Waals surface area contributed by atoms with E-state index in [9.17, 15) is 5.11 Å². The smallest absolute Gasteiger partial charge is 0.0471 e. The van der Waals surface area contributed by atoms with Gasteiger partial charge in [0.05, 0.1) is 0 Å². The zero-order valence-electron chi connectivity index (χ0n) is 9.42. The van der Waals surface area contributed by atoms with Crippen molar-refractivity contribution in [3.63, 3.8) is 0 Å². The van der Waals surface area contributed by atoms with Crippen molar-refractivity contribution in [1.82, 2.24) is 5.32 Å². The van der Waals surface area contributed by atoms with Gasteiger partial charge in [-0.1, -0.05) is 13.8 Å². The Hall–Kier alpha value is -0.0800. The molecule has 1 aliphatic carbocycles. The van der Waals surface area contributed by atoms with E-state index in [1.54, 1.807) is 0 Å². The number of hydrogen-bond donors (Lipinski definition) is 2. The molecule has 2 rings (SSSR count). The molecule has 0 spiro atoms. The third-order valence-corrected chi connectivity index (χ3v) is 4.08. The summed E-state index contributed by atoms with van der Waals surface area (Å²) >= 11 is 0. The van der Waals surface area contributed by atoms with Gasteiger partial charge in [0.25, 0.3) is 0 Å². The van der Waals surface area contributed by atoms with Crippen LogP contribution in [-0.2, 0) is 0 Å². The summed E-state index contributed by atoms with van der Waals surface area (Å²) in [5, 5.41) is 12.8. The highest BCUT2D eigenvalue weighted by molar-refractivity contribution is 4.93. The van der Waals surface area contributed by atoms with E-state index in [-0.39, 0.29) is 0 Å². The van der Waals surface area contributed by atoms with E-state index in [4.69, 9.17) is 0 Å². The molecule has 3 unspecified atom stereocenters. The second-order valence-corrected chi connectivity index (χ2v) is 5.97. The highest BCUT2D eigenvalue weighted by atomic mass is 16.3. The van der Waals surface area contributed by atoms with Gasteiger partial charge in [-0.3, -0.25) is 0 Å². The summed E-state index contributed by atoms with van der Waals surface area (Å²) in [6.45, 7) is 6.15. The molecule has 14 heavy (non-hydrogen) atoms. The maximum atomic E-state index is 9.17. The van der Waals surface area contributed by atoms with Crippen LogP contribution < -0.4 is 5.32 Å². The predicted octanol–water partition coefficient (Wildman–Crippen LogP) is 1.78. The molecule has 2 heteroatoms. The molecule has 2 nitrogen and oxygen atoms in total. The molecule has 82 valence electrons. The Labute approximate surface area is 87.1 Å². The fourth-order valence-electron chi connectivity index (χ4n) is 3.22. The Morgan fingerprint density at radius 2 is 2.21 bits per heavy atom. The van der Waals surface area contributed by atoms with Crippen molar-refractivity contribution in [3.05, 3.63) is 0 Å². The van der Waals surface area contributed by atoms with E-state index >= 15 is 0 Å². The minimum absolute atomic E-state index is 0.358. The summed E-state index contributed by atoms with van der Waals surface area (Å²) in [4.78, 5) is 0. The summed E-state index contributed by atoms with van der Waals surface area (Å²) in [5.74, 6) is 1.31. The molecule has 0 radical (unpaired) electrons. The summed E-state index contributed by atoms with van der Waals surface area (Å²) in [6, 6.07) is 0.742. The minimum Gasteiger partial charge on any atom is -0.396 e. The lowest BCUT2D eigenvalue weighted by atomic mass is 9.66. The van der Waals surface area contributed by atoms with E-state index in [0.717, 1.165) is 18.5 Å². The molecule has 0 aromatic carbocycles. The lowest BCUT2D eigenvalue weighted by molar-refractivity contribution is 0.0697. The third-order valence-electron chi connectivity index (χ3n) is 4.08. The van der Waals surface area contributed by atoms with Crippen molar-refractivity contribution in [2.45, 2.75) is 45.6 Å². The fraction of sp³-hybridized carbons (Fsp3) is 1.00. The number of aliphatic hydroxyl groups excluding tert-OH is 1. The van der Waals surface area contributed by atoms with E-state index in [1.165, 1.54) is 25.7 Å². The van der Waals surface area contributed by atoms with Gasteiger partial charge in [-0.05, 0) is 42.9 Å². The Morgan fingerprint density at radius 3 is 2.93 bits per heavy atom. The maximum absolute atomic E-state index is 9.17. The van der Waals surface area contributed by atoms with Crippen LogP contribution >= 0.6 is 0 Å². The van der Waals surface area contributed by atoms with Gasteiger partial charge in [0.2, 0.25) is 0 Å². The van der Waals surface area contributed by atoms with Gasteiger partial charge in [-0.25, -0.2) is 0 Å². The summed E-state index contributed by atoms with van der Waals surface area (Å²) in [6.07, 6.45) is 5.25. The largest absolute Gasteiger partial charge is 0.396 e. The fourth-order valence-corrected chi connectivity index (χ4v) is 3.22. The zero-order chi connectivity index (χ0) is 10.2. The summed E-state index contributed by atoms with van der Waals surface area (Å²) < 4.78 is 0. The van der Waals surface area contributed by atoms with Crippen molar-refractivity contribution in [3.8, 4) is 0 Å². The first-order valence-corrected chi connectivity index (χ1v) is 5.95. The van der Waals surface area contributed by atoms with Crippen molar-refractivity contribution in [1.29, 1.82) is 0 Å². The van der Waals surface area contributed by atoms with Crippen LogP contribution in [0.4, 0.5) is 0 Å². The van der Waals surface area contributed by atoms with Crippen LogP contribution in [0.15, 0.2) is 0 Å². The van der Waals surface area contributed by atoms with Crippen LogP contribution in [0.1, 0.15) is 39.5 Å². The number of fused-ring (bicyclic) bond motifs is 1. The highest BCUT2D eigenvalue weighted by Crippen LogP contribution is 2.42. The normalized spacial score (nSPS) is 41.8. The van der Waals surface area contributed by atoms with Crippen molar-refractivity contribution in [2.24, 2.45) is 17.3 Å². The Bertz CT molecular complexity index is 202. The van der Waals surface area contributed by atoms with E-state index in [1.807, 2.05) is 0 Å². The molecular formula is C12H23NO. The van der Waals surface area contributed by atoms with Crippen LogP contribution in [0.2, 0.25) is 0 Å². The van der Waals surface area contributed by atoms with E-state index < -0.39 is 0 Å². The lowest BCUT2D eigenvalue weighted by Gasteiger charge is -2.45. The van der Waals surface area contributed by atoms with Crippen LogP contribution in [0.5, 0.6) is 0 Å². The van der Waals surface area contributed by atoms with Gasteiger partial charge in [-0.15, -0.1) is 0 Å². The number of nitrogens with one attached hydrogen (secondary N) is 1. The first-order valence-electron chi connectivity index (χ1n) is 5.95. The first-order chi connectivity index (χ1) is 6.61. The number of aliphatic hydroxyl groups is 1. The second kappa shape index (κ2) is 3.82. The van der Waals surface area contributed by atoms with E-state index in [2.05, 4.69) is 19.2 Å². The highest BCUT2D eigenvalue weighted by Gasteiger charge is 2.38. The molecule has 2 aliphatic rings. The maximum Gasteiger partial charge on any atom is 0.0471 e. The van der Waals surface area contributed by atoms with Crippen LogP contribution in [0.25, 0.3) is 0 Å². The van der Waals surface area contributed by atoms with Crippen molar-refractivity contribution in [2.75, 3.05) is 13.2 Å². The molecule has 0 bridgehead atoms. The molecule has 1 heterocycles. The number of rotatable bonds is 1. The number of hydrogen-bond acceptors (Lipinski definition) is 2. The number of piperidine rings is 1. The molecule has 2 fully saturated rings. The Morgan fingerprint density at radius 1 is 1.43 bits per heavy atom. The molecule has 1 saturated heterocycles. The zero-order valence-corrected chi connectivity index (χ0v) is 9.42. The SMILES string of the molecule is CC1(C)CCC2NCC(CO)CC2C1. The molecule has 0 aromatic heterocycles. The van der Waals surface area contributed by atoms with Gasteiger partial charge >= 0.3 is 0 Å². The molecule has 1 saturated carbocycles. The average Bonchev–Trinajstić information content (AvgIpc) is 2.15. The predicted molar refractivity (Wildman–Crippen MR) is 58.1 cm³/mol. The van der Waals surface area contributed by atoms with Crippen molar-refractivity contribution >= 4 is 0 Å². The van der Waals surface area contributed by atoms with Gasteiger partial charge in [-0.2, -0.15) is 0 Å². The standard InChI is InChI=1S/C12H23NO/c1-12(2)4-3-11-10(6-12)5-9(8-14)7-13-11/h9-11,13-14H,3-8H2,1-2H3. The van der Waals surface area contributed by atoms with Gasteiger partial charge in [0.1, 0.15) is 0 Å². The van der Waals surface area contributed by atoms with Crippen LogP contribution in [-0.4, -0.2) is 24.3 Å². The quantitative estimate of drug-likeness (QED) is 0.671. The molecule has 0 amide bonds. The lowest BCUT2D eigenvalue weighted by Crippen LogP contribution is -2.50. The van der Waals surface area contributed by atoms with Gasteiger partial charge in [0.15, 0.2) is 0 Å². The summed E-state index contributed by atoms with van der Waals surface area (Å²) in [7, 11) is 0. The molecule has 2 N–H and O–H groups in total. The Kier molecular flexibility index (Phi) is 2.85. The summed E-state index contributed by atoms with van der Waals surface area (Å²) in [5.41, 5.74) is 0.528.